The van der Waals surface area contributed by atoms with Gasteiger partial charge in [0.2, 0.25) is 0 Å². The van der Waals surface area contributed by atoms with Crippen molar-refractivity contribution in [2.45, 2.75) is 45.1 Å². The van der Waals surface area contributed by atoms with Crippen molar-refractivity contribution in [3.63, 3.8) is 0 Å². The normalized spacial score (nSPS) is 29.3. The lowest BCUT2D eigenvalue weighted by molar-refractivity contribution is 0.448. The van der Waals surface area contributed by atoms with Crippen molar-refractivity contribution in [2.24, 2.45) is 5.92 Å². The Morgan fingerprint density at radius 2 is 2.44 bits per heavy atom. The average molecular weight is 219 g/mol. The first-order valence-corrected chi connectivity index (χ1v) is 6.59. The molecular formula is C13H21N3. The lowest BCUT2D eigenvalue weighted by Crippen LogP contribution is -2.18. The monoisotopic (exact) mass is 219 g/mol. The lowest BCUT2D eigenvalue weighted by Gasteiger charge is -2.22. The van der Waals surface area contributed by atoms with Gasteiger partial charge in [-0.2, -0.15) is 0 Å². The summed E-state index contributed by atoms with van der Waals surface area (Å²) in [6.45, 7) is 5.88. The van der Waals surface area contributed by atoms with Crippen LogP contribution < -0.4 is 5.32 Å². The third-order valence-electron chi connectivity index (χ3n) is 4.13. The van der Waals surface area contributed by atoms with Gasteiger partial charge in [-0.1, -0.05) is 6.92 Å². The summed E-state index contributed by atoms with van der Waals surface area (Å²) < 4.78 is 2.48. The van der Waals surface area contributed by atoms with Crippen LogP contribution in [0.4, 0.5) is 0 Å². The minimum atomic E-state index is 0.705. The summed E-state index contributed by atoms with van der Waals surface area (Å²) in [7, 11) is 0. The van der Waals surface area contributed by atoms with Gasteiger partial charge >= 0.3 is 0 Å². The van der Waals surface area contributed by atoms with Crippen molar-refractivity contribution < 1.29 is 0 Å². The van der Waals surface area contributed by atoms with Gasteiger partial charge in [0.25, 0.3) is 0 Å². The Morgan fingerprint density at radius 3 is 3.25 bits per heavy atom. The highest BCUT2D eigenvalue weighted by molar-refractivity contribution is 5.13. The van der Waals surface area contributed by atoms with Crippen molar-refractivity contribution in [3.05, 3.63) is 17.7 Å². The Bertz CT molecular complexity index is 363. The highest BCUT2D eigenvalue weighted by Gasteiger charge is 2.22. The topological polar surface area (TPSA) is 29.9 Å². The maximum Gasteiger partial charge on any atom is 0.109 e. The van der Waals surface area contributed by atoms with E-state index in [-0.39, 0.29) is 0 Å². The first-order chi connectivity index (χ1) is 7.84. The fourth-order valence-electron chi connectivity index (χ4n) is 3.09. The van der Waals surface area contributed by atoms with Gasteiger partial charge in [-0.25, -0.2) is 4.98 Å². The molecule has 2 aliphatic heterocycles. The van der Waals surface area contributed by atoms with Gasteiger partial charge < -0.3 is 9.88 Å². The number of aromatic nitrogens is 2. The van der Waals surface area contributed by atoms with Gasteiger partial charge in [0, 0.05) is 24.9 Å². The molecular weight excluding hydrogens is 198 g/mol. The molecule has 2 aliphatic rings. The Morgan fingerprint density at radius 1 is 1.50 bits per heavy atom. The van der Waals surface area contributed by atoms with E-state index in [2.05, 4.69) is 28.0 Å². The molecule has 3 heterocycles. The number of rotatable bonds is 2. The summed E-state index contributed by atoms with van der Waals surface area (Å²) in [5.41, 5.74) is 1.47. The molecule has 1 saturated heterocycles. The van der Waals surface area contributed by atoms with Gasteiger partial charge in [-0.15, -0.1) is 0 Å². The van der Waals surface area contributed by atoms with Crippen LogP contribution in [0.25, 0.3) is 0 Å². The van der Waals surface area contributed by atoms with Crippen LogP contribution in [0.1, 0.15) is 43.6 Å². The van der Waals surface area contributed by atoms with Crippen molar-refractivity contribution in [2.75, 3.05) is 13.1 Å². The molecule has 3 nitrogen and oxygen atoms in total. The average Bonchev–Trinajstić information content (AvgIpc) is 2.90. The Balaban J connectivity index is 1.79. The van der Waals surface area contributed by atoms with Crippen molar-refractivity contribution in [1.29, 1.82) is 0 Å². The lowest BCUT2D eigenvalue weighted by atomic mass is 9.98. The molecule has 0 bridgehead atoms. The number of hydrogen-bond acceptors (Lipinski definition) is 2. The first kappa shape index (κ1) is 10.3. The second-order valence-electron chi connectivity index (χ2n) is 5.36. The summed E-state index contributed by atoms with van der Waals surface area (Å²) in [5, 5.41) is 3.44. The van der Waals surface area contributed by atoms with Crippen molar-refractivity contribution in [1.82, 2.24) is 14.9 Å². The molecule has 0 aromatic carbocycles. The van der Waals surface area contributed by atoms with E-state index in [0.717, 1.165) is 5.92 Å². The molecule has 0 radical (unpaired) electrons. The van der Waals surface area contributed by atoms with Crippen LogP contribution in [0.2, 0.25) is 0 Å². The molecule has 3 heteroatoms. The third kappa shape index (κ3) is 1.77. The summed E-state index contributed by atoms with van der Waals surface area (Å²) in [5.74, 6) is 2.84. The number of imidazole rings is 1. The summed E-state index contributed by atoms with van der Waals surface area (Å²) in [6.07, 6.45) is 7.25. The maximum atomic E-state index is 4.65. The fourth-order valence-corrected chi connectivity index (χ4v) is 3.09. The van der Waals surface area contributed by atoms with Crippen molar-refractivity contribution in [3.8, 4) is 0 Å². The molecule has 0 saturated carbocycles. The molecule has 1 N–H and O–H groups in total. The standard InChI is InChI=1S/C13H21N3/c1-10-3-2-6-16-12(10)9-15-13(16)7-11-4-5-14-8-11/h9-11,14H,2-8H2,1H3. The molecule has 1 aromatic rings. The molecule has 0 spiro atoms. The first-order valence-electron chi connectivity index (χ1n) is 6.59. The number of nitrogens with zero attached hydrogens (tertiary/aromatic N) is 2. The van der Waals surface area contributed by atoms with E-state index in [1.807, 2.05) is 0 Å². The van der Waals surface area contributed by atoms with Gasteiger partial charge in [-0.05, 0) is 44.2 Å². The largest absolute Gasteiger partial charge is 0.332 e. The van der Waals surface area contributed by atoms with Gasteiger partial charge in [-0.3, -0.25) is 0 Å². The number of nitrogens with one attached hydrogen (secondary N) is 1. The summed E-state index contributed by atoms with van der Waals surface area (Å²) in [4.78, 5) is 4.65. The van der Waals surface area contributed by atoms with E-state index in [0.29, 0.717) is 5.92 Å². The minimum Gasteiger partial charge on any atom is -0.332 e. The van der Waals surface area contributed by atoms with Crippen molar-refractivity contribution >= 4 is 0 Å². The summed E-state index contributed by atoms with van der Waals surface area (Å²) in [6, 6.07) is 0. The quantitative estimate of drug-likeness (QED) is 0.823. The molecule has 16 heavy (non-hydrogen) atoms. The highest BCUT2D eigenvalue weighted by atomic mass is 15.1. The van der Waals surface area contributed by atoms with E-state index >= 15 is 0 Å². The summed E-state index contributed by atoms with van der Waals surface area (Å²) >= 11 is 0. The van der Waals surface area contributed by atoms with E-state index < -0.39 is 0 Å². The second-order valence-corrected chi connectivity index (χ2v) is 5.36. The second kappa shape index (κ2) is 4.21. The van der Waals surface area contributed by atoms with Gasteiger partial charge in [0.15, 0.2) is 0 Å². The molecule has 88 valence electrons. The molecule has 1 aromatic heterocycles. The van der Waals surface area contributed by atoms with Crippen LogP contribution in [0.5, 0.6) is 0 Å². The highest BCUT2D eigenvalue weighted by Crippen LogP contribution is 2.28. The minimum absolute atomic E-state index is 0.705. The zero-order valence-electron chi connectivity index (χ0n) is 10.1. The zero-order valence-corrected chi connectivity index (χ0v) is 10.1. The Kier molecular flexibility index (Phi) is 2.72. The van der Waals surface area contributed by atoms with Gasteiger partial charge in [0.1, 0.15) is 5.82 Å². The Labute approximate surface area is 97.3 Å². The number of hydrogen-bond donors (Lipinski definition) is 1. The molecule has 3 rings (SSSR count). The van der Waals surface area contributed by atoms with Crippen LogP contribution in [-0.2, 0) is 13.0 Å². The Hall–Kier alpha value is -0.830. The SMILES string of the molecule is CC1CCCn2c1cnc2CC1CCNC1. The molecule has 0 aliphatic carbocycles. The molecule has 2 unspecified atom stereocenters. The van der Waals surface area contributed by atoms with E-state index in [4.69, 9.17) is 0 Å². The van der Waals surface area contributed by atoms with Crippen LogP contribution in [-0.4, -0.2) is 22.6 Å². The number of fused-ring (bicyclic) bond motifs is 1. The molecule has 0 amide bonds. The van der Waals surface area contributed by atoms with E-state index in [1.165, 1.54) is 56.8 Å². The van der Waals surface area contributed by atoms with E-state index in [9.17, 15) is 0 Å². The predicted octanol–water partition coefficient (Wildman–Crippen LogP) is 1.93. The molecule has 1 fully saturated rings. The van der Waals surface area contributed by atoms with E-state index in [1.54, 1.807) is 0 Å². The smallest absolute Gasteiger partial charge is 0.109 e. The van der Waals surface area contributed by atoms with Crippen LogP contribution in [0, 0.1) is 5.92 Å². The van der Waals surface area contributed by atoms with Crippen LogP contribution in [0.3, 0.4) is 0 Å². The fraction of sp³-hybridized carbons (Fsp3) is 0.769. The van der Waals surface area contributed by atoms with Gasteiger partial charge in [0.05, 0.1) is 0 Å². The third-order valence-corrected chi connectivity index (χ3v) is 4.13. The maximum absolute atomic E-state index is 4.65. The predicted molar refractivity (Wildman–Crippen MR) is 64.6 cm³/mol. The molecule has 2 atom stereocenters. The van der Waals surface area contributed by atoms with Crippen LogP contribution in [0.15, 0.2) is 6.20 Å². The van der Waals surface area contributed by atoms with Crippen LogP contribution >= 0.6 is 0 Å². The zero-order chi connectivity index (χ0) is 11.0.